The van der Waals surface area contributed by atoms with Crippen LogP contribution in [0.3, 0.4) is 0 Å². The Morgan fingerprint density at radius 1 is 1.50 bits per heavy atom. The van der Waals surface area contributed by atoms with Gasteiger partial charge in [-0.2, -0.15) is 4.98 Å². The minimum absolute atomic E-state index is 0.421. The first kappa shape index (κ1) is 8.44. The summed E-state index contributed by atoms with van der Waals surface area (Å²) in [6.07, 6.45) is 1.73. The van der Waals surface area contributed by atoms with E-state index in [0.717, 1.165) is 7.27 Å². The molecule has 1 heterocycles. The van der Waals surface area contributed by atoms with Crippen LogP contribution in [0.4, 0.5) is 0 Å². The number of halogens is 2. The van der Waals surface area contributed by atoms with Gasteiger partial charge in [0.1, 0.15) is 3.70 Å². The van der Waals surface area contributed by atoms with Crippen molar-refractivity contribution in [2.24, 2.45) is 0 Å². The molecule has 3 nitrogen and oxygen atoms in total. The quantitative estimate of drug-likeness (QED) is 0.564. The summed E-state index contributed by atoms with van der Waals surface area (Å²) in [6, 6.07) is 0.421. The first-order chi connectivity index (χ1) is 4.74. The Bertz CT molecular complexity index is 241. The van der Waals surface area contributed by atoms with Crippen molar-refractivity contribution >= 4 is 45.2 Å². The van der Waals surface area contributed by atoms with Crippen LogP contribution in [0, 0.1) is 7.27 Å². The molecule has 0 atom stereocenters. The number of ether oxygens (including phenoxy) is 1. The molecule has 0 saturated heterocycles. The molecule has 0 saturated carbocycles. The topological polar surface area (TPSA) is 35.0 Å². The summed E-state index contributed by atoms with van der Waals surface area (Å²) in [5.41, 5.74) is 0. The van der Waals surface area contributed by atoms with Gasteiger partial charge in [-0.05, 0) is 45.2 Å². The van der Waals surface area contributed by atoms with Crippen LogP contribution >= 0.6 is 45.2 Å². The molecule has 0 spiro atoms. The fraction of sp³-hybridized carbons (Fsp3) is 0.200. The van der Waals surface area contributed by atoms with E-state index in [4.69, 9.17) is 4.74 Å². The van der Waals surface area contributed by atoms with Crippen LogP contribution in [0.15, 0.2) is 6.20 Å². The van der Waals surface area contributed by atoms with Gasteiger partial charge in [-0.15, -0.1) is 0 Å². The predicted octanol–water partition coefficient (Wildman–Crippen LogP) is 1.69. The van der Waals surface area contributed by atoms with Gasteiger partial charge in [0, 0.05) is 6.20 Å². The first-order valence-electron chi connectivity index (χ1n) is 2.46. The SMILES string of the molecule is COc1ncc(I)c(I)n1. The molecule has 54 valence electrons. The predicted molar refractivity (Wildman–Crippen MR) is 54.0 cm³/mol. The number of hydrogen-bond acceptors (Lipinski definition) is 3. The molecule has 1 aromatic rings. The van der Waals surface area contributed by atoms with E-state index in [2.05, 4.69) is 55.1 Å². The van der Waals surface area contributed by atoms with Crippen molar-refractivity contribution in [3.63, 3.8) is 0 Å². The summed E-state index contributed by atoms with van der Waals surface area (Å²) in [5.74, 6) is 0. The second kappa shape index (κ2) is 3.65. The summed E-state index contributed by atoms with van der Waals surface area (Å²) in [5, 5.41) is 0. The largest absolute Gasteiger partial charge is 0.467 e. The van der Waals surface area contributed by atoms with Crippen LogP contribution in [0.2, 0.25) is 0 Å². The summed E-state index contributed by atoms with van der Waals surface area (Å²) in [4.78, 5) is 7.95. The van der Waals surface area contributed by atoms with Crippen LogP contribution in [0.1, 0.15) is 0 Å². The van der Waals surface area contributed by atoms with Gasteiger partial charge in [-0.25, -0.2) is 4.98 Å². The molecule has 0 aromatic carbocycles. The molecule has 0 fully saturated rings. The number of rotatable bonds is 1. The first-order valence-corrected chi connectivity index (χ1v) is 4.62. The van der Waals surface area contributed by atoms with E-state index in [9.17, 15) is 0 Å². The standard InChI is InChI=1S/C5H4I2N2O/c1-10-5-8-2-3(6)4(7)9-5/h2H,1H3. The molecule has 0 aliphatic rings. The third kappa shape index (κ3) is 1.91. The van der Waals surface area contributed by atoms with E-state index in [1.165, 1.54) is 0 Å². The van der Waals surface area contributed by atoms with Gasteiger partial charge >= 0.3 is 6.01 Å². The molecule has 0 aliphatic carbocycles. The number of nitrogens with zero attached hydrogens (tertiary/aromatic N) is 2. The molecule has 1 aromatic heterocycles. The Morgan fingerprint density at radius 3 is 2.70 bits per heavy atom. The zero-order chi connectivity index (χ0) is 7.56. The van der Waals surface area contributed by atoms with Gasteiger partial charge in [0.25, 0.3) is 0 Å². The van der Waals surface area contributed by atoms with Crippen molar-refractivity contribution in [1.29, 1.82) is 0 Å². The molecule has 0 unspecified atom stereocenters. The second-order valence-electron chi connectivity index (χ2n) is 1.50. The van der Waals surface area contributed by atoms with E-state index in [-0.39, 0.29) is 0 Å². The minimum atomic E-state index is 0.421. The maximum atomic E-state index is 4.82. The van der Waals surface area contributed by atoms with Crippen molar-refractivity contribution in [2.45, 2.75) is 0 Å². The van der Waals surface area contributed by atoms with Gasteiger partial charge in [0.2, 0.25) is 0 Å². The summed E-state index contributed by atoms with van der Waals surface area (Å²) < 4.78 is 6.78. The normalized spacial score (nSPS) is 9.50. The van der Waals surface area contributed by atoms with E-state index in [0.29, 0.717) is 6.01 Å². The van der Waals surface area contributed by atoms with Crippen LogP contribution in [-0.4, -0.2) is 17.1 Å². The molecule has 0 amide bonds. The average Bonchev–Trinajstić information content (AvgIpc) is 1.95. The Balaban J connectivity index is 3.04. The van der Waals surface area contributed by atoms with Crippen LogP contribution in [-0.2, 0) is 0 Å². The lowest BCUT2D eigenvalue weighted by molar-refractivity contribution is 0.378. The summed E-state index contributed by atoms with van der Waals surface area (Å²) in [6.45, 7) is 0. The molecule has 0 bridgehead atoms. The number of aromatic nitrogens is 2. The molecule has 0 aliphatic heterocycles. The fourth-order valence-corrected chi connectivity index (χ4v) is 1.04. The van der Waals surface area contributed by atoms with Gasteiger partial charge in [-0.1, -0.05) is 0 Å². The van der Waals surface area contributed by atoms with Crippen molar-refractivity contribution in [2.75, 3.05) is 7.11 Å². The lowest BCUT2D eigenvalue weighted by Gasteiger charge is -1.97. The lowest BCUT2D eigenvalue weighted by atomic mass is 10.7. The second-order valence-corrected chi connectivity index (χ2v) is 3.68. The van der Waals surface area contributed by atoms with Crippen LogP contribution in [0.5, 0.6) is 6.01 Å². The summed E-state index contributed by atoms with van der Waals surface area (Å²) >= 11 is 4.30. The van der Waals surface area contributed by atoms with E-state index >= 15 is 0 Å². The third-order valence-corrected chi connectivity index (χ3v) is 3.51. The third-order valence-electron chi connectivity index (χ3n) is 0.862. The monoisotopic (exact) mass is 362 g/mol. The molecule has 1 rings (SSSR count). The molecule has 0 N–H and O–H groups in total. The van der Waals surface area contributed by atoms with Crippen molar-refractivity contribution < 1.29 is 4.74 Å². The Morgan fingerprint density at radius 2 is 2.20 bits per heavy atom. The van der Waals surface area contributed by atoms with E-state index in [1.807, 2.05) is 0 Å². The highest BCUT2D eigenvalue weighted by atomic mass is 127. The lowest BCUT2D eigenvalue weighted by Crippen LogP contribution is -1.94. The van der Waals surface area contributed by atoms with Crippen molar-refractivity contribution in [1.82, 2.24) is 9.97 Å². The molecule has 10 heavy (non-hydrogen) atoms. The Labute approximate surface area is 85.9 Å². The van der Waals surface area contributed by atoms with Gasteiger partial charge in [-0.3, -0.25) is 0 Å². The highest BCUT2D eigenvalue weighted by Gasteiger charge is 1.99. The van der Waals surface area contributed by atoms with Gasteiger partial charge in [0.05, 0.1) is 10.7 Å². The minimum Gasteiger partial charge on any atom is -0.467 e. The average molecular weight is 362 g/mol. The maximum Gasteiger partial charge on any atom is 0.317 e. The van der Waals surface area contributed by atoms with Crippen LogP contribution in [0.25, 0.3) is 0 Å². The van der Waals surface area contributed by atoms with Crippen LogP contribution < -0.4 is 4.74 Å². The molecule has 0 radical (unpaired) electrons. The molecule has 5 heteroatoms. The maximum absolute atomic E-state index is 4.82. The Kier molecular flexibility index (Phi) is 3.08. The smallest absolute Gasteiger partial charge is 0.317 e. The Hall–Kier alpha value is 0.340. The van der Waals surface area contributed by atoms with Crippen molar-refractivity contribution in [3.8, 4) is 6.01 Å². The zero-order valence-electron chi connectivity index (χ0n) is 5.14. The van der Waals surface area contributed by atoms with Gasteiger partial charge in [0.15, 0.2) is 0 Å². The van der Waals surface area contributed by atoms with Gasteiger partial charge < -0.3 is 4.74 Å². The van der Waals surface area contributed by atoms with E-state index in [1.54, 1.807) is 13.3 Å². The molecular weight excluding hydrogens is 358 g/mol. The number of hydrogen-bond donors (Lipinski definition) is 0. The van der Waals surface area contributed by atoms with E-state index < -0.39 is 0 Å². The highest BCUT2D eigenvalue weighted by molar-refractivity contribution is 14.1. The number of methoxy groups -OCH3 is 1. The highest BCUT2D eigenvalue weighted by Crippen LogP contribution is 2.13. The zero-order valence-corrected chi connectivity index (χ0v) is 9.45. The molecular formula is C5H4I2N2O. The van der Waals surface area contributed by atoms with Crippen molar-refractivity contribution in [3.05, 3.63) is 13.5 Å². The summed E-state index contributed by atoms with van der Waals surface area (Å²) in [7, 11) is 1.55. The fourth-order valence-electron chi connectivity index (χ4n) is 0.430.